The van der Waals surface area contributed by atoms with Gasteiger partial charge in [-0.25, -0.2) is 9.67 Å². The molecular weight excluding hydrogens is 589 g/mol. The zero-order chi connectivity index (χ0) is 33.4. The molecule has 0 fully saturated rings. The van der Waals surface area contributed by atoms with Gasteiger partial charge in [0.2, 0.25) is 0 Å². The van der Waals surface area contributed by atoms with E-state index in [4.69, 9.17) is 14.8 Å². The molecule has 0 unspecified atom stereocenters. The van der Waals surface area contributed by atoms with E-state index in [0.29, 0.717) is 0 Å². The molecular formula is C43H44N4O. The van der Waals surface area contributed by atoms with Crippen molar-refractivity contribution in [3.05, 3.63) is 132 Å². The molecule has 0 aliphatic heterocycles. The molecule has 3 aromatic heterocycles. The van der Waals surface area contributed by atoms with E-state index in [0.717, 1.165) is 65.4 Å². The summed E-state index contributed by atoms with van der Waals surface area (Å²) in [6.07, 6.45) is 5.88. The molecule has 0 aliphatic rings. The largest absolute Gasteiger partial charge is 0.457 e. The van der Waals surface area contributed by atoms with Gasteiger partial charge in [-0.2, -0.15) is 5.10 Å². The van der Waals surface area contributed by atoms with Gasteiger partial charge in [0.25, 0.3) is 0 Å². The first-order valence-electron chi connectivity index (χ1n) is 17.2. The van der Waals surface area contributed by atoms with Crippen LogP contribution < -0.4 is 4.74 Å². The molecule has 0 N–H and O–H groups in total. The van der Waals surface area contributed by atoms with Gasteiger partial charge < -0.3 is 4.74 Å². The van der Waals surface area contributed by atoms with Gasteiger partial charge in [-0.3, -0.25) is 4.57 Å². The molecule has 0 saturated heterocycles. The lowest BCUT2D eigenvalue weighted by Crippen LogP contribution is -2.12. The Morgan fingerprint density at radius 1 is 0.708 bits per heavy atom. The lowest BCUT2D eigenvalue weighted by molar-refractivity contribution is 0.482. The van der Waals surface area contributed by atoms with Crippen molar-refractivity contribution in [3.8, 4) is 34.1 Å². The SMILES string of the molecule is CCCc1nn(-c2cccc(Oc3ccc4c5cc(C)ccc5n(-c5cc(C(C)(C)C)ccn5)c4c3)c2)c(CCC)c1-c1ccccc1. The Labute approximate surface area is 283 Å². The summed E-state index contributed by atoms with van der Waals surface area (Å²) < 4.78 is 11.0. The van der Waals surface area contributed by atoms with Crippen molar-refractivity contribution in [2.24, 2.45) is 0 Å². The number of hydrogen-bond acceptors (Lipinski definition) is 3. The Balaban J connectivity index is 1.32. The fourth-order valence-corrected chi connectivity index (χ4v) is 6.78. The first kappa shape index (κ1) is 31.4. The molecule has 0 radical (unpaired) electrons. The van der Waals surface area contributed by atoms with Crippen LogP contribution in [0.1, 0.15) is 70.0 Å². The summed E-state index contributed by atoms with van der Waals surface area (Å²) in [6, 6.07) is 36.4. The molecule has 7 aromatic rings. The summed E-state index contributed by atoms with van der Waals surface area (Å²) in [7, 11) is 0. The minimum atomic E-state index is 0.0110. The van der Waals surface area contributed by atoms with Crippen LogP contribution in [0.25, 0.3) is 44.4 Å². The number of nitrogens with zero attached hydrogens (tertiary/aromatic N) is 4. The van der Waals surface area contributed by atoms with Crippen molar-refractivity contribution in [1.29, 1.82) is 0 Å². The van der Waals surface area contributed by atoms with Gasteiger partial charge in [0.15, 0.2) is 0 Å². The molecule has 5 heteroatoms. The van der Waals surface area contributed by atoms with Crippen molar-refractivity contribution < 1.29 is 4.74 Å². The normalized spacial score (nSPS) is 11.9. The number of fused-ring (bicyclic) bond motifs is 3. The number of pyridine rings is 1. The van der Waals surface area contributed by atoms with Crippen LogP contribution in [0.15, 0.2) is 109 Å². The Kier molecular flexibility index (Phi) is 8.38. The first-order chi connectivity index (χ1) is 23.2. The van der Waals surface area contributed by atoms with Crippen LogP contribution >= 0.6 is 0 Å². The van der Waals surface area contributed by atoms with Gasteiger partial charge in [0, 0.05) is 34.7 Å². The van der Waals surface area contributed by atoms with Crippen molar-refractivity contribution >= 4 is 21.8 Å². The number of aryl methyl sites for hydroxylation is 2. The number of aromatic nitrogens is 4. The van der Waals surface area contributed by atoms with Crippen LogP contribution in [0.4, 0.5) is 0 Å². The molecule has 0 atom stereocenters. The smallest absolute Gasteiger partial charge is 0.137 e. The van der Waals surface area contributed by atoms with E-state index in [2.05, 4.69) is 148 Å². The third-order valence-corrected chi connectivity index (χ3v) is 9.12. The van der Waals surface area contributed by atoms with Crippen LogP contribution in [-0.2, 0) is 18.3 Å². The lowest BCUT2D eigenvalue weighted by Gasteiger charge is -2.20. The quantitative estimate of drug-likeness (QED) is 0.159. The summed E-state index contributed by atoms with van der Waals surface area (Å²) in [6.45, 7) is 13.3. The molecule has 0 aliphatic carbocycles. The fraction of sp³-hybridized carbons (Fsp3) is 0.256. The molecule has 0 bridgehead atoms. The second-order valence-electron chi connectivity index (χ2n) is 13.8. The van der Waals surface area contributed by atoms with E-state index < -0.39 is 0 Å². The molecule has 242 valence electrons. The Hall–Kier alpha value is -5.16. The van der Waals surface area contributed by atoms with Crippen LogP contribution in [0.3, 0.4) is 0 Å². The van der Waals surface area contributed by atoms with E-state index in [9.17, 15) is 0 Å². The van der Waals surface area contributed by atoms with Crippen molar-refractivity contribution in [1.82, 2.24) is 19.3 Å². The van der Waals surface area contributed by atoms with Gasteiger partial charge in [-0.15, -0.1) is 0 Å². The highest BCUT2D eigenvalue weighted by molar-refractivity contribution is 6.09. The fourth-order valence-electron chi connectivity index (χ4n) is 6.78. The molecule has 0 saturated carbocycles. The molecule has 0 amide bonds. The molecule has 48 heavy (non-hydrogen) atoms. The van der Waals surface area contributed by atoms with Crippen LogP contribution in [0.2, 0.25) is 0 Å². The van der Waals surface area contributed by atoms with Crippen LogP contribution in [0.5, 0.6) is 11.5 Å². The third-order valence-electron chi connectivity index (χ3n) is 9.12. The number of benzene rings is 4. The molecule has 7 rings (SSSR count). The van der Waals surface area contributed by atoms with Crippen molar-refractivity contribution in [2.75, 3.05) is 0 Å². The molecule has 0 spiro atoms. The van der Waals surface area contributed by atoms with Gasteiger partial charge >= 0.3 is 0 Å². The maximum Gasteiger partial charge on any atom is 0.137 e. The van der Waals surface area contributed by atoms with Gasteiger partial charge in [0.05, 0.1) is 28.1 Å². The highest BCUT2D eigenvalue weighted by Crippen LogP contribution is 2.37. The Morgan fingerprint density at radius 2 is 1.50 bits per heavy atom. The summed E-state index contributed by atoms with van der Waals surface area (Å²) in [4.78, 5) is 4.86. The van der Waals surface area contributed by atoms with E-state index in [1.54, 1.807) is 0 Å². The van der Waals surface area contributed by atoms with Gasteiger partial charge in [-0.05, 0) is 84.8 Å². The maximum atomic E-state index is 6.63. The minimum absolute atomic E-state index is 0.0110. The number of ether oxygens (including phenoxy) is 1. The molecule has 5 nitrogen and oxygen atoms in total. The van der Waals surface area contributed by atoms with E-state index in [1.807, 2.05) is 12.3 Å². The van der Waals surface area contributed by atoms with Crippen molar-refractivity contribution in [3.63, 3.8) is 0 Å². The summed E-state index contributed by atoms with van der Waals surface area (Å²) in [5.74, 6) is 2.46. The third kappa shape index (κ3) is 5.90. The number of hydrogen-bond donors (Lipinski definition) is 0. The zero-order valence-corrected chi connectivity index (χ0v) is 28.9. The zero-order valence-electron chi connectivity index (χ0n) is 28.9. The summed E-state index contributed by atoms with van der Waals surface area (Å²) >= 11 is 0. The molecule has 4 aromatic carbocycles. The average molecular weight is 633 g/mol. The van der Waals surface area contributed by atoms with Crippen LogP contribution in [0, 0.1) is 6.92 Å². The lowest BCUT2D eigenvalue weighted by atomic mass is 9.88. The van der Waals surface area contributed by atoms with Gasteiger partial charge in [0.1, 0.15) is 17.3 Å². The summed E-state index contributed by atoms with van der Waals surface area (Å²) in [5, 5.41) is 7.59. The highest BCUT2D eigenvalue weighted by atomic mass is 16.5. The monoisotopic (exact) mass is 632 g/mol. The van der Waals surface area contributed by atoms with E-state index in [-0.39, 0.29) is 5.41 Å². The topological polar surface area (TPSA) is 44.9 Å². The summed E-state index contributed by atoms with van der Waals surface area (Å²) in [5.41, 5.74) is 10.6. The maximum absolute atomic E-state index is 6.63. The number of rotatable bonds is 9. The molecule has 3 heterocycles. The van der Waals surface area contributed by atoms with E-state index in [1.165, 1.54) is 38.7 Å². The predicted molar refractivity (Wildman–Crippen MR) is 199 cm³/mol. The van der Waals surface area contributed by atoms with Crippen LogP contribution in [-0.4, -0.2) is 19.3 Å². The van der Waals surface area contributed by atoms with E-state index >= 15 is 0 Å². The first-order valence-corrected chi connectivity index (χ1v) is 17.2. The second kappa shape index (κ2) is 12.8. The Bertz CT molecular complexity index is 2230. The van der Waals surface area contributed by atoms with Crippen molar-refractivity contribution in [2.45, 2.75) is 72.6 Å². The highest BCUT2D eigenvalue weighted by Gasteiger charge is 2.21. The predicted octanol–water partition coefficient (Wildman–Crippen LogP) is 11.3. The standard InChI is InChI=1S/C43H44N4O/c1-7-13-37-42(30-15-10-9-11-16-30)39(14-8-2)47(45-37)32-17-12-18-33(27-32)48-34-20-21-35-36-25-29(3)19-22-38(36)46(40(35)28-34)41-26-31(23-24-44-41)43(4,5)6/h9-12,15-28H,7-8,13-14H2,1-6H3. The average Bonchev–Trinajstić information content (AvgIpc) is 3.60. The second-order valence-corrected chi connectivity index (χ2v) is 13.8. The Morgan fingerprint density at radius 3 is 2.27 bits per heavy atom. The minimum Gasteiger partial charge on any atom is -0.457 e. The van der Waals surface area contributed by atoms with Gasteiger partial charge in [-0.1, -0.05) is 95.5 Å².